The Bertz CT molecular complexity index is 923. The molecule has 1 aromatic carbocycles. The van der Waals surface area contributed by atoms with Crippen molar-refractivity contribution in [1.29, 1.82) is 0 Å². The first kappa shape index (κ1) is 19.7. The maximum Gasteiger partial charge on any atom is 0.289 e. The summed E-state index contributed by atoms with van der Waals surface area (Å²) in [7, 11) is 0. The lowest BCUT2D eigenvalue weighted by Gasteiger charge is -2.22. The van der Waals surface area contributed by atoms with Crippen molar-refractivity contribution in [1.82, 2.24) is 14.5 Å². The molecule has 0 aliphatic carbocycles. The lowest BCUT2D eigenvalue weighted by atomic mass is 10.1. The number of hydrogen-bond acceptors (Lipinski definition) is 3. The van der Waals surface area contributed by atoms with Crippen LogP contribution in [0.5, 0.6) is 0 Å². The Morgan fingerprint density at radius 2 is 1.69 bits per heavy atom. The van der Waals surface area contributed by atoms with Gasteiger partial charge in [0, 0.05) is 25.3 Å². The van der Waals surface area contributed by atoms with Crippen LogP contribution in [0.25, 0.3) is 0 Å². The minimum Gasteiger partial charge on any atom is -0.336 e. The zero-order valence-electron chi connectivity index (χ0n) is 17.5. The number of fused-ring (bicyclic) bond motifs is 1. The Hall–Kier alpha value is -2.63. The van der Waals surface area contributed by atoms with E-state index in [1.807, 2.05) is 41.5 Å². The molecule has 3 heterocycles. The van der Waals surface area contributed by atoms with Gasteiger partial charge in [-0.25, -0.2) is 4.98 Å². The molecule has 2 amide bonds. The average Bonchev–Trinajstić information content (AvgIpc) is 2.90. The Balaban J connectivity index is 1.64. The molecule has 0 unspecified atom stereocenters. The minimum atomic E-state index is -0.223. The summed E-state index contributed by atoms with van der Waals surface area (Å²) in [6, 6.07) is 5.88. The topological polar surface area (TPSA) is 67.2 Å². The third kappa shape index (κ3) is 3.93. The van der Waals surface area contributed by atoms with Crippen molar-refractivity contribution < 1.29 is 9.59 Å². The molecule has 1 N–H and O–H groups in total. The van der Waals surface area contributed by atoms with Gasteiger partial charge in [-0.1, -0.05) is 25.0 Å². The molecular formula is C23H30N4O2. The molecule has 2 aliphatic heterocycles. The Morgan fingerprint density at radius 3 is 2.45 bits per heavy atom. The molecule has 2 aliphatic rings. The van der Waals surface area contributed by atoms with E-state index < -0.39 is 0 Å². The quantitative estimate of drug-likeness (QED) is 0.852. The van der Waals surface area contributed by atoms with E-state index in [2.05, 4.69) is 10.3 Å². The van der Waals surface area contributed by atoms with Gasteiger partial charge in [-0.15, -0.1) is 0 Å². The predicted molar refractivity (Wildman–Crippen MR) is 113 cm³/mol. The lowest BCUT2D eigenvalue weighted by molar-refractivity contribution is 0.0743. The number of imidazole rings is 1. The minimum absolute atomic E-state index is 0.0270. The zero-order valence-corrected chi connectivity index (χ0v) is 17.5. The van der Waals surface area contributed by atoms with Crippen LogP contribution in [0.1, 0.15) is 76.5 Å². The third-order valence-electron chi connectivity index (χ3n) is 6.27. The van der Waals surface area contributed by atoms with Crippen LogP contribution < -0.4 is 5.32 Å². The van der Waals surface area contributed by atoms with Crippen LogP contribution >= 0.6 is 0 Å². The van der Waals surface area contributed by atoms with Gasteiger partial charge in [-0.2, -0.15) is 0 Å². The van der Waals surface area contributed by atoms with E-state index >= 15 is 0 Å². The standard InChI is InChI=1S/C23H30N4O2/c1-16-10-9-11-18(17(16)2)24-22(28)20-19-12-5-8-15-27(19)21(25-20)23(29)26-13-6-3-4-7-14-26/h9-11H,3-8,12-15H2,1-2H3,(H,24,28). The summed E-state index contributed by atoms with van der Waals surface area (Å²) in [5.41, 5.74) is 4.29. The number of aryl methyl sites for hydroxylation is 1. The first-order chi connectivity index (χ1) is 14.1. The number of carbonyl (C=O) groups excluding carboxylic acids is 2. The first-order valence-corrected chi connectivity index (χ1v) is 10.8. The maximum atomic E-state index is 13.2. The van der Waals surface area contributed by atoms with Crippen LogP contribution in [0, 0.1) is 13.8 Å². The summed E-state index contributed by atoms with van der Waals surface area (Å²) in [6.07, 6.45) is 7.25. The van der Waals surface area contributed by atoms with Crippen LogP contribution in [0.15, 0.2) is 18.2 Å². The highest BCUT2D eigenvalue weighted by molar-refractivity contribution is 6.05. The Morgan fingerprint density at radius 1 is 0.966 bits per heavy atom. The van der Waals surface area contributed by atoms with Crippen LogP contribution in [0.2, 0.25) is 0 Å². The highest BCUT2D eigenvalue weighted by Crippen LogP contribution is 2.25. The molecule has 0 saturated carbocycles. The van der Waals surface area contributed by atoms with E-state index in [0.717, 1.165) is 74.2 Å². The van der Waals surface area contributed by atoms with Crippen molar-refractivity contribution in [2.45, 2.75) is 65.3 Å². The summed E-state index contributed by atoms with van der Waals surface area (Å²) < 4.78 is 1.99. The Kier molecular flexibility index (Phi) is 5.69. The molecule has 4 rings (SSSR count). The van der Waals surface area contributed by atoms with Crippen molar-refractivity contribution in [2.75, 3.05) is 18.4 Å². The van der Waals surface area contributed by atoms with Crippen molar-refractivity contribution >= 4 is 17.5 Å². The van der Waals surface area contributed by atoms with E-state index in [1.165, 1.54) is 12.8 Å². The summed E-state index contributed by atoms with van der Waals surface area (Å²) in [6.45, 7) is 6.35. The fourth-order valence-electron chi connectivity index (χ4n) is 4.37. The molecule has 0 spiro atoms. The van der Waals surface area contributed by atoms with Crippen LogP contribution in [-0.4, -0.2) is 39.4 Å². The molecule has 1 aromatic heterocycles. The van der Waals surface area contributed by atoms with Gasteiger partial charge in [0.2, 0.25) is 0 Å². The predicted octanol–water partition coefficient (Wildman–Crippen LogP) is 4.10. The monoisotopic (exact) mass is 394 g/mol. The van der Waals surface area contributed by atoms with Gasteiger partial charge in [-0.3, -0.25) is 9.59 Å². The van der Waals surface area contributed by atoms with E-state index in [4.69, 9.17) is 0 Å². The molecule has 6 nitrogen and oxygen atoms in total. The lowest BCUT2D eigenvalue weighted by Crippen LogP contribution is -2.34. The number of benzene rings is 1. The normalized spacial score (nSPS) is 16.8. The van der Waals surface area contributed by atoms with Gasteiger partial charge < -0.3 is 14.8 Å². The fraction of sp³-hybridized carbons (Fsp3) is 0.522. The van der Waals surface area contributed by atoms with E-state index in [1.54, 1.807) is 0 Å². The smallest absolute Gasteiger partial charge is 0.289 e. The van der Waals surface area contributed by atoms with E-state index in [9.17, 15) is 9.59 Å². The zero-order chi connectivity index (χ0) is 20.4. The van der Waals surface area contributed by atoms with Crippen LogP contribution in [0.4, 0.5) is 5.69 Å². The number of nitrogens with one attached hydrogen (secondary N) is 1. The number of aromatic nitrogens is 2. The van der Waals surface area contributed by atoms with Crippen molar-refractivity contribution in [3.63, 3.8) is 0 Å². The van der Waals surface area contributed by atoms with Gasteiger partial charge in [0.15, 0.2) is 11.5 Å². The van der Waals surface area contributed by atoms with Crippen molar-refractivity contribution in [2.24, 2.45) is 0 Å². The summed E-state index contributed by atoms with van der Waals surface area (Å²) in [5, 5.41) is 3.02. The molecule has 0 bridgehead atoms. The number of rotatable bonds is 3. The number of amides is 2. The number of hydrogen-bond donors (Lipinski definition) is 1. The second-order valence-corrected chi connectivity index (χ2v) is 8.25. The molecule has 2 aromatic rings. The fourth-order valence-corrected chi connectivity index (χ4v) is 4.37. The van der Waals surface area contributed by atoms with Gasteiger partial charge in [0.1, 0.15) is 0 Å². The highest BCUT2D eigenvalue weighted by atomic mass is 16.2. The van der Waals surface area contributed by atoms with Gasteiger partial charge in [0.05, 0.1) is 5.69 Å². The number of carbonyl (C=O) groups is 2. The van der Waals surface area contributed by atoms with Gasteiger partial charge >= 0.3 is 0 Å². The molecular weight excluding hydrogens is 364 g/mol. The largest absolute Gasteiger partial charge is 0.336 e. The number of likely N-dealkylation sites (tertiary alicyclic amines) is 1. The van der Waals surface area contributed by atoms with Gasteiger partial charge in [0.25, 0.3) is 11.8 Å². The number of nitrogens with zero attached hydrogens (tertiary/aromatic N) is 3. The van der Waals surface area contributed by atoms with Crippen molar-refractivity contribution in [3.8, 4) is 0 Å². The summed E-state index contributed by atoms with van der Waals surface area (Å²) >= 11 is 0. The molecule has 154 valence electrons. The van der Waals surface area contributed by atoms with E-state index in [-0.39, 0.29) is 11.8 Å². The molecule has 0 radical (unpaired) electrons. The number of anilines is 1. The van der Waals surface area contributed by atoms with Crippen molar-refractivity contribution in [3.05, 3.63) is 46.5 Å². The summed E-state index contributed by atoms with van der Waals surface area (Å²) in [5.74, 6) is 0.188. The second kappa shape index (κ2) is 8.39. The van der Waals surface area contributed by atoms with Gasteiger partial charge in [-0.05, 0) is 63.1 Å². The molecule has 29 heavy (non-hydrogen) atoms. The Labute approximate surface area is 172 Å². The van der Waals surface area contributed by atoms with Crippen LogP contribution in [0.3, 0.4) is 0 Å². The van der Waals surface area contributed by atoms with E-state index in [0.29, 0.717) is 11.5 Å². The third-order valence-corrected chi connectivity index (χ3v) is 6.27. The molecule has 0 atom stereocenters. The molecule has 1 saturated heterocycles. The maximum absolute atomic E-state index is 13.2. The first-order valence-electron chi connectivity index (χ1n) is 10.8. The molecule has 1 fully saturated rings. The average molecular weight is 395 g/mol. The molecule has 6 heteroatoms. The van der Waals surface area contributed by atoms with Crippen LogP contribution in [-0.2, 0) is 13.0 Å². The SMILES string of the molecule is Cc1cccc(NC(=O)c2nc(C(=O)N3CCCCCC3)n3c2CCCC3)c1C. The summed E-state index contributed by atoms with van der Waals surface area (Å²) in [4.78, 5) is 32.9. The second-order valence-electron chi connectivity index (χ2n) is 8.25. The highest BCUT2D eigenvalue weighted by Gasteiger charge is 2.30.